The van der Waals surface area contributed by atoms with E-state index in [4.69, 9.17) is 10.1 Å². The van der Waals surface area contributed by atoms with Crippen LogP contribution in [0.5, 0.6) is 0 Å². The van der Waals surface area contributed by atoms with Crippen LogP contribution < -0.4 is 5.62 Å². The lowest BCUT2D eigenvalue weighted by Gasteiger charge is -2.19. The SMILES string of the molecule is COC[C@H](Cc1ccc(C)cc1)n1c(=N)n(Cc2ccc(F)c(C(F)(F)F)c2)c2ccccc21. The fraction of sp³-hybridized carbons (Fsp3) is 0.269. The predicted molar refractivity (Wildman–Crippen MR) is 122 cm³/mol. The summed E-state index contributed by atoms with van der Waals surface area (Å²) in [4.78, 5) is 0. The molecule has 0 saturated carbocycles. The highest BCUT2D eigenvalue weighted by atomic mass is 19.4. The van der Waals surface area contributed by atoms with Gasteiger partial charge in [0.05, 0.1) is 35.8 Å². The van der Waals surface area contributed by atoms with Crippen LogP contribution >= 0.6 is 0 Å². The number of nitrogens with zero attached hydrogens (tertiary/aromatic N) is 2. The third-order valence-corrected chi connectivity index (χ3v) is 5.91. The van der Waals surface area contributed by atoms with Crippen LogP contribution in [0.3, 0.4) is 0 Å². The Morgan fingerprint density at radius 2 is 1.59 bits per heavy atom. The molecule has 34 heavy (non-hydrogen) atoms. The topological polar surface area (TPSA) is 42.9 Å². The minimum Gasteiger partial charge on any atom is -0.383 e. The normalized spacial score (nSPS) is 12.9. The predicted octanol–water partition coefficient (Wildman–Crippen LogP) is 5.87. The summed E-state index contributed by atoms with van der Waals surface area (Å²) in [6.45, 7) is 2.37. The van der Waals surface area contributed by atoms with Gasteiger partial charge < -0.3 is 13.9 Å². The Morgan fingerprint density at radius 3 is 2.24 bits per heavy atom. The molecule has 4 aromatic rings. The van der Waals surface area contributed by atoms with Gasteiger partial charge in [-0.15, -0.1) is 0 Å². The summed E-state index contributed by atoms with van der Waals surface area (Å²) < 4.78 is 62.4. The maximum atomic E-state index is 13.8. The number of ether oxygens (including phenoxy) is 1. The summed E-state index contributed by atoms with van der Waals surface area (Å²) in [6, 6.07) is 18.3. The maximum absolute atomic E-state index is 13.8. The first-order valence-corrected chi connectivity index (χ1v) is 10.8. The quantitative estimate of drug-likeness (QED) is 0.337. The Labute approximate surface area is 194 Å². The van der Waals surface area contributed by atoms with E-state index in [0.29, 0.717) is 18.5 Å². The van der Waals surface area contributed by atoms with Gasteiger partial charge in [-0.25, -0.2) is 4.39 Å². The van der Waals surface area contributed by atoms with Crippen molar-refractivity contribution in [3.8, 4) is 0 Å². The van der Waals surface area contributed by atoms with Gasteiger partial charge in [0.25, 0.3) is 0 Å². The number of imidazole rings is 1. The number of fused-ring (bicyclic) bond motifs is 1. The average molecular weight is 471 g/mol. The van der Waals surface area contributed by atoms with Crippen molar-refractivity contribution in [3.63, 3.8) is 0 Å². The number of nitrogens with one attached hydrogen (secondary N) is 1. The number of rotatable bonds is 7. The van der Waals surface area contributed by atoms with Gasteiger partial charge in [0.2, 0.25) is 5.62 Å². The zero-order valence-electron chi connectivity index (χ0n) is 18.9. The van der Waals surface area contributed by atoms with E-state index < -0.39 is 17.6 Å². The van der Waals surface area contributed by atoms with Crippen molar-refractivity contribution in [2.45, 2.75) is 32.1 Å². The number of methoxy groups -OCH3 is 1. The molecule has 1 heterocycles. The van der Waals surface area contributed by atoms with Crippen LogP contribution in [0.25, 0.3) is 11.0 Å². The van der Waals surface area contributed by atoms with E-state index in [-0.39, 0.29) is 23.8 Å². The summed E-state index contributed by atoms with van der Waals surface area (Å²) in [6.07, 6.45) is -4.17. The van der Waals surface area contributed by atoms with E-state index >= 15 is 0 Å². The first kappa shape index (κ1) is 23.8. The number of aromatic nitrogens is 2. The van der Waals surface area contributed by atoms with Crippen LogP contribution in [0, 0.1) is 18.2 Å². The molecule has 0 aliphatic rings. The third-order valence-electron chi connectivity index (χ3n) is 5.91. The van der Waals surface area contributed by atoms with E-state index in [1.54, 1.807) is 11.7 Å². The number of hydrogen-bond acceptors (Lipinski definition) is 2. The third kappa shape index (κ3) is 4.77. The van der Waals surface area contributed by atoms with Crippen LogP contribution in [-0.4, -0.2) is 22.9 Å². The molecule has 1 atom stereocenters. The molecule has 1 N–H and O–H groups in total. The molecule has 0 spiro atoms. The lowest BCUT2D eigenvalue weighted by Crippen LogP contribution is -2.31. The van der Waals surface area contributed by atoms with Crippen LogP contribution in [0.15, 0.2) is 66.7 Å². The van der Waals surface area contributed by atoms with E-state index in [9.17, 15) is 17.6 Å². The second-order valence-corrected chi connectivity index (χ2v) is 8.38. The van der Waals surface area contributed by atoms with Gasteiger partial charge in [-0.05, 0) is 48.7 Å². The monoisotopic (exact) mass is 471 g/mol. The zero-order chi connectivity index (χ0) is 24.5. The smallest absolute Gasteiger partial charge is 0.383 e. The Hall–Kier alpha value is -3.39. The largest absolute Gasteiger partial charge is 0.419 e. The van der Waals surface area contributed by atoms with Crippen LogP contribution in [0.4, 0.5) is 17.6 Å². The van der Waals surface area contributed by atoms with E-state index in [2.05, 4.69) is 0 Å². The molecule has 0 amide bonds. The van der Waals surface area contributed by atoms with Crippen molar-refractivity contribution in [2.24, 2.45) is 0 Å². The lowest BCUT2D eigenvalue weighted by molar-refractivity contribution is -0.140. The van der Waals surface area contributed by atoms with Crippen LogP contribution in [0.1, 0.15) is 28.3 Å². The minimum absolute atomic E-state index is 0.0000590. The molecule has 4 nitrogen and oxygen atoms in total. The molecule has 0 radical (unpaired) electrons. The van der Waals surface area contributed by atoms with Crippen molar-refractivity contribution in [1.29, 1.82) is 5.41 Å². The van der Waals surface area contributed by atoms with Gasteiger partial charge in [0, 0.05) is 7.11 Å². The first-order valence-electron chi connectivity index (χ1n) is 10.8. The highest BCUT2D eigenvalue weighted by Gasteiger charge is 2.34. The average Bonchev–Trinajstić information content (AvgIpc) is 3.07. The van der Waals surface area contributed by atoms with Crippen LogP contribution in [-0.2, 0) is 23.9 Å². The number of alkyl halides is 3. The van der Waals surface area contributed by atoms with Gasteiger partial charge in [-0.3, -0.25) is 5.41 Å². The summed E-state index contributed by atoms with van der Waals surface area (Å²) >= 11 is 0. The van der Waals surface area contributed by atoms with Crippen molar-refractivity contribution in [1.82, 2.24) is 9.13 Å². The number of halogens is 4. The van der Waals surface area contributed by atoms with Crippen molar-refractivity contribution in [2.75, 3.05) is 13.7 Å². The summed E-state index contributed by atoms with van der Waals surface area (Å²) in [5.41, 5.74) is 2.80. The molecule has 0 saturated heterocycles. The molecule has 178 valence electrons. The Morgan fingerprint density at radius 1 is 0.941 bits per heavy atom. The second-order valence-electron chi connectivity index (χ2n) is 8.38. The fourth-order valence-electron chi connectivity index (χ4n) is 4.27. The van der Waals surface area contributed by atoms with Gasteiger partial charge in [0.1, 0.15) is 5.82 Å². The zero-order valence-corrected chi connectivity index (χ0v) is 18.9. The summed E-state index contributed by atoms with van der Waals surface area (Å²) in [5.74, 6) is -1.31. The van der Waals surface area contributed by atoms with Gasteiger partial charge in [0.15, 0.2) is 0 Å². The van der Waals surface area contributed by atoms with Gasteiger partial charge >= 0.3 is 6.18 Å². The molecular formula is C26H25F4N3O. The van der Waals surface area contributed by atoms with Gasteiger partial charge in [-0.2, -0.15) is 13.2 Å². The lowest BCUT2D eigenvalue weighted by atomic mass is 10.0. The number of para-hydroxylation sites is 2. The Balaban J connectivity index is 1.79. The Kier molecular flexibility index (Phi) is 6.61. The highest BCUT2D eigenvalue weighted by molar-refractivity contribution is 5.76. The summed E-state index contributed by atoms with van der Waals surface area (Å²) in [7, 11) is 1.60. The maximum Gasteiger partial charge on any atom is 0.419 e. The summed E-state index contributed by atoms with van der Waals surface area (Å²) in [5, 5.41) is 8.93. The van der Waals surface area contributed by atoms with Gasteiger partial charge in [-0.1, -0.05) is 48.0 Å². The number of benzene rings is 3. The number of hydrogen-bond donors (Lipinski definition) is 1. The molecular weight excluding hydrogens is 446 g/mol. The minimum atomic E-state index is -4.79. The molecule has 1 aromatic heterocycles. The molecule has 4 rings (SSSR count). The molecule has 8 heteroatoms. The molecule has 0 unspecified atom stereocenters. The number of aryl methyl sites for hydroxylation is 1. The molecule has 3 aromatic carbocycles. The van der Waals surface area contributed by atoms with Crippen molar-refractivity contribution >= 4 is 11.0 Å². The van der Waals surface area contributed by atoms with E-state index in [1.165, 1.54) is 6.07 Å². The molecule has 0 fully saturated rings. The molecule has 0 bridgehead atoms. The standard InChI is InChI=1S/C26H25F4N3O/c1-17-7-9-18(10-8-17)13-20(16-34-2)33-24-6-4-3-5-23(24)32(25(33)31)15-19-11-12-22(27)21(14-19)26(28,29)30/h3-12,14,20,31H,13,15-16H2,1-2H3/t20-/m0/s1. The highest BCUT2D eigenvalue weighted by Crippen LogP contribution is 2.32. The van der Waals surface area contributed by atoms with E-state index in [0.717, 1.165) is 28.8 Å². The molecule has 0 aliphatic carbocycles. The molecule has 0 aliphatic heterocycles. The Bertz CT molecular complexity index is 1350. The van der Waals surface area contributed by atoms with Crippen molar-refractivity contribution < 1.29 is 22.3 Å². The van der Waals surface area contributed by atoms with Crippen LogP contribution in [0.2, 0.25) is 0 Å². The second kappa shape index (κ2) is 9.46. The fourth-order valence-corrected chi connectivity index (χ4v) is 4.27. The van der Waals surface area contributed by atoms with Crippen molar-refractivity contribution in [3.05, 3.63) is 100 Å². The van der Waals surface area contributed by atoms with E-state index in [1.807, 2.05) is 60.0 Å². The first-order chi connectivity index (χ1) is 16.2.